The Labute approximate surface area is 231 Å². The van der Waals surface area contributed by atoms with Crippen molar-refractivity contribution in [2.45, 2.75) is 26.3 Å². The number of anilines is 2. The third-order valence-electron chi connectivity index (χ3n) is 6.58. The Morgan fingerprint density at radius 2 is 1.90 bits per heavy atom. The Balaban J connectivity index is 1.13. The Hall–Kier alpha value is -3.90. The number of aromatic nitrogens is 5. The third-order valence-corrected chi connectivity index (χ3v) is 7.39. The molecule has 2 amide bonds. The molecule has 5 rings (SSSR count). The van der Waals surface area contributed by atoms with Crippen molar-refractivity contribution in [1.82, 2.24) is 35.6 Å². The van der Waals surface area contributed by atoms with Crippen LogP contribution >= 0.6 is 11.8 Å². The van der Waals surface area contributed by atoms with Gasteiger partial charge in [0, 0.05) is 57.9 Å². The molecule has 3 aromatic heterocycles. The zero-order valence-corrected chi connectivity index (χ0v) is 23.0. The van der Waals surface area contributed by atoms with Crippen molar-refractivity contribution >= 4 is 40.9 Å². The molecule has 3 aromatic rings. The van der Waals surface area contributed by atoms with Crippen molar-refractivity contribution in [2.24, 2.45) is 5.92 Å². The molecule has 202 valence electrons. The fourth-order valence-corrected chi connectivity index (χ4v) is 5.22. The highest BCUT2D eigenvalue weighted by atomic mass is 32.2. The molecule has 0 aliphatic carbocycles. The van der Waals surface area contributed by atoms with Gasteiger partial charge in [-0.15, -0.1) is 0 Å². The number of thioether (sulfide) groups is 1. The molecule has 0 unspecified atom stereocenters. The van der Waals surface area contributed by atoms with Crippen LogP contribution in [0.2, 0.25) is 0 Å². The number of rotatable bonds is 8. The lowest BCUT2D eigenvalue weighted by atomic mass is 9.97. The van der Waals surface area contributed by atoms with Crippen molar-refractivity contribution in [1.29, 1.82) is 0 Å². The van der Waals surface area contributed by atoms with Crippen molar-refractivity contribution in [3.8, 4) is 11.3 Å². The molecule has 0 saturated carbocycles. The maximum atomic E-state index is 11.8. The minimum Gasteiger partial charge on any atom is -0.347 e. The van der Waals surface area contributed by atoms with E-state index < -0.39 is 0 Å². The first-order valence-electron chi connectivity index (χ1n) is 12.8. The van der Waals surface area contributed by atoms with E-state index in [9.17, 15) is 9.59 Å². The van der Waals surface area contributed by atoms with Crippen molar-refractivity contribution in [3.63, 3.8) is 0 Å². The average molecular weight is 546 g/mol. The summed E-state index contributed by atoms with van der Waals surface area (Å²) >= 11 is 0.887. The molecular weight excluding hydrogens is 514 g/mol. The first-order valence-corrected chi connectivity index (χ1v) is 13.7. The summed E-state index contributed by atoms with van der Waals surface area (Å²) in [5.74, 6) is 1.48. The number of hydrogen-bond donors (Lipinski definition) is 2. The SMILES string of the molecule is Cc1cc(CNCC2CCN(c3nccc(/C=C4/SC(=O)NC4=O)n3)CC2)nc(-c2cnc(N(C)C)nc2)c1. The van der Waals surface area contributed by atoms with Crippen LogP contribution in [0.5, 0.6) is 0 Å². The van der Waals surface area contributed by atoms with Crippen LogP contribution in [0.15, 0.2) is 41.7 Å². The number of nitrogens with zero attached hydrogens (tertiary/aromatic N) is 7. The number of amides is 2. The predicted octanol–water partition coefficient (Wildman–Crippen LogP) is 3.03. The molecular formula is C27H31N9O2S. The maximum Gasteiger partial charge on any atom is 0.290 e. The van der Waals surface area contributed by atoms with Gasteiger partial charge < -0.3 is 15.1 Å². The number of nitrogens with one attached hydrogen (secondary N) is 2. The molecule has 0 atom stereocenters. The van der Waals surface area contributed by atoms with E-state index in [0.717, 1.165) is 66.8 Å². The van der Waals surface area contributed by atoms with Gasteiger partial charge in [0.15, 0.2) is 0 Å². The van der Waals surface area contributed by atoms with Gasteiger partial charge in [0.2, 0.25) is 11.9 Å². The van der Waals surface area contributed by atoms with E-state index >= 15 is 0 Å². The van der Waals surface area contributed by atoms with Crippen LogP contribution in [0.4, 0.5) is 16.7 Å². The Kier molecular flexibility index (Phi) is 8.13. The van der Waals surface area contributed by atoms with E-state index in [1.165, 1.54) is 0 Å². The number of hydrogen-bond acceptors (Lipinski definition) is 11. The quantitative estimate of drug-likeness (QED) is 0.405. The highest BCUT2D eigenvalue weighted by Crippen LogP contribution is 2.26. The number of carbonyl (C=O) groups excluding carboxylic acids is 2. The zero-order valence-electron chi connectivity index (χ0n) is 22.2. The van der Waals surface area contributed by atoms with Gasteiger partial charge in [-0.3, -0.25) is 19.9 Å². The van der Waals surface area contributed by atoms with Gasteiger partial charge in [-0.1, -0.05) is 0 Å². The summed E-state index contributed by atoms with van der Waals surface area (Å²) < 4.78 is 0. The highest BCUT2D eigenvalue weighted by Gasteiger charge is 2.26. The number of carbonyl (C=O) groups is 2. The van der Waals surface area contributed by atoms with Gasteiger partial charge in [0.25, 0.3) is 11.1 Å². The van der Waals surface area contributed by atoms with E-state index in [-0.39, 0.29) is 11.1 Å². The molecule has 39 heavy (non-hydrogen) atoms. The highest BCUT2D eigenvalue weighted by molar-refractivity contribution is 8.18. The molecule has 0 bridgehead atoms. The molecule has 5 heterocycles. The Bertz CT molecular complexity index is 1390. The second-order valence-electron chi connectivity index (χ2n) is 9.88. The van der Waals surface area contributed by atoms with Gasteiger partial charge in [-0.25, -0.2) is 19.9 Å². The molecule has 2 saturated heterocycles. The van der Waals surface area contributed by atoms with Crippen LogP contribution in [0.25, 0.3) is 17.3 Å². The molecule has 2 fully saturated rings. The summed E-state index contributed by atoms with van der Waals surface area (Å²) in [7, 11) is 3.84. The molecule has 12 heteroatoms. The Morgan fingerprint density at radius 1 is 1.13 bits per heavy atom. The van der Waals surface area contributed by atoms with Gasteiger partial charge >= 0.3 is 0 Å². The van der Waals surface area contributed by atoms with Crippen LogP contribution in [-0.4, -0.2) is 69.8 Å². The second-order valence-corrected chi connectivity index (χ2v) is 10.9. The molecule has 0 spiro atoms. The first kappa shape index (κ1) is 26.7. The van der Waals surface area contributed by atoms with Crippen molar-refractivity contribution < 1.29 is 9.59 Å². The van der Waals surface area contributed by atoms with Crippen LogP contribution < -0.4 is 20.4 Å². The number of piperidine rings is 1. The monoisotopic (exact) mass is 545 g/mol. The van der Waals surface area contributed by atoms with E-state index in [1.807, 2.05) is 31.4 Å². The molecule has 0 radical (unpaired) electrons. The minimum atomic E-state index is -0.386. The van der Waals surface area contributed by atoms with Crippen LogP contribution in [-0.2, 0) is 11.3 Å². The van der Waals surface area contributed by atoms with Crippen molar-refractivity contribution in [2.75, 3.05) is 43.5 Å². The van der Waals surface area contributed by atoms with E-state index in [2.05, 4.69) is 54.5 Å². The summed E-state index contributed by atoms with van der Waals surface area (Å²) in [6.07, 6.45) is 9.00. The maximum absolute atomic E-state index is 11.8. The standard InChI is InChI=1S/C27H31N9O2S/c1-17-10-21(32-22(11-17)19-14-30-25(31-15-19)35(2)3)16-28-13-18-5-8-36(9-6-18)26-29-7-4-20(33-26)12-23-24(37)34-27(38)39-23/h4,7,10-12,14-15,18,28H,5-6,8-9,13,16H2,1-3H3,(H,34,37,38)/b23-12+. The van der Waals surface area contributed by atoms with Gasteiger partial charge in [0.05, 0.1) is 22.0 Å². The zero-order chi connectivity index (χ0) is 27.4. The number of pyridine rings is 1. The number of aryl methyl sites for hydroxylation is 1. The topological polar surface area (TPSA) is 129 Å². The van der Waals surface area contributed by atoms with Crippen LogP contribution in [0.3, 0.4) is 0 Å². The van der Waals surface area contributed by atoms with Crippen molar-refractivity contribution in [3.05, 3.63) is 58.6 Å². The fraction of sp³-hybridized carbons (Fsp3) is 0.370. The molecule has 0 aromatic carbocycles. The first-order chi connectivity index (χ1) is 18.8. The lowest BCUT2D eigenvalue weighted by Gasteiger charge is -2.32. The summed E-state index contributed by atoms with van der Waals surface area (Å²) in [4.78, 5) is 50.3. The molecule has 2 aliphatic heterocycles. The van der Waals surface area contributed by atoms with Gasteiger partial charge in [0.1, 0.15) is 0 Å². The largest absolute Gasteiger partial charge is 0.347 e. The second kappa shape index (κ2) is 11.9. The lowest BCUT2D eigenvalue weighted by molar-refractivity contribution is -0.115. The third kappa shape index (κ3) is 6.76. The summed E-state index contributed by atoms with van der Waals surface area (Å²) in [6, 6.07) is 5.90. The summed E-state index contributed by atoms with van der Waals surface area (Å²) in [5, 5.41) is 5.49. The predicted molar refractivity (Wildman–Crippen MR) is 152 cm³/mol. The molecule has 2 aliphatic rings. The average Bonchev–Trinajstić information content (AvgIpc) is 3.25. The van der Waals surface area contributed by atoms with Gasteiger partial charge in [-0.2, -0.15) is 0 Å². The summed E-state index contributed by atoms with van der Waals surface area (Å²) in [5.41, 5.74) is 4.54. The van der Waals surface area contributed by atoms with Crippen LogP contribution in [0, 0.1) is 12.8 Å². The van der Waals surface area contributed by atoms with E-state index in [4.69, 9.17) is 4.98 Å². The number of imide groups is 1. The Morgan fingerprint density at radius 3 is 2.59 bits per heavy atom. The lowest BCUT2D eigenvalue weighted by Crippen LogP contribution is -2.38. The minimum absolute atomic E-state index is 0.347. The van der Waals surface area contributed by atoms with E-state index in [0.29, 0.717) is 35.0 Å². The van der Waals surface area contributed by atoms with E-state index in [1.54, 1.807) is 18.3 Å². The van der Waals surface area contributed by atoms with Crippen LogP contribution in [0.1, 0.15) is 29.8 Å². The van der Waals surface area contributed by atoms with Gasteiger partial charge in [-0.05, 0) is 73.8 Å². The fourth-order valence-electron chi connectivity index (χ4n) is 4.55. The molecule has 2 N–H and O–H groups in total. The normalized spacial score (nSPS) is 17.1. The smallest absolute Gasteiger partial charge is 0.290 e. The summed E-state index contributed by atoms with van der Waals surface area (Å²) in [6.45, 7) is 5.39. The molecule has 11 nitrogen and oxygen atoms in total.